The minimum Gasteiger partial charge on any atom is -0.339 e. The van der Waals surface area contributed by atoms with E-state index in [9.17, 15) is 14.0 Å². The number of nitrogens with one attached hydrogen (secondary N) is 2. The number of aryl methyl sites for hydroxylation is 3. The Kier molecular flexibility index (Phi) is 6.01. The number of rotatable bonds is 6. The van der Waals surface area contributed by atoms with Crippen LogP contribution in [-0.4, -0.2) is 22.0 Å². The normalized spacial score (nSPS) is 10.6. The van der Waals surface area contributed by atoms with E-state index in [4.69, 9.17) is 4.52 Å². The molecule has 2 N–H and O–H groups in total. The van der Waals surface area contributed by atoms with E-state index >= 15 is 0 Å². The molecule has 2 amide bonds. The number of carbonyl (C=O) groups is 2. The van der Waals surface area contributed by atoms with Crippen molar-refractivity contribution in [2.75, 3.05) is 10.6 Å². The van der Waals surface area contributed by atoms with Gasteiger partial charge in [-0.25, -0.2) is 4.39 Å². The predicted octanol–water partition coefficient (Wildman–Crippen LogP) is 4.02. The molecule has 0 aliphatic carbocycles. The second-order valence-electron chi connectivity index (χ2n) is 6.73. The third-order valence-electron chi connectivity index (χ3n) is 4.30. The van der Waals surface area contributed by atoms with Crippen molar-refractivity contribution in [3.63, 3.8) is 0 Å². The number of halogens is 1. The van der Waals surface area contributed by atoms with Crippen molar-refractivity contribution >= 4 is 23.2 Å². The van der Waals surface area contributed by atoms with Gasteiger partial charge in [-0.15, -0.1) is 0 Å². The molecule has 7 nitrogen and oxygen atoms in total. The van der Waals surface area contributed by atoms with Gasteiger partial charge in [-0.2, -0.15) is 4.98 Å². The molecule has 0 saturated heterocycles. The van der Waals surface area contributed by atoms with Crippen LogP contribution in [0.2, 0.25) is 0 Å². The first-order valence-corrected chi connectivity index (χ1v) is 9.09. The van der Waals surface area contributed by atoms with Crippen molar-refractivity contribution in [1.29, 1.82) is 0 Å². The van der Waals surface area contributed by atoms with Crippen molar-refractivity contribution in [2.24, 2.45) is 0 Å². The average Bonchev–Trinajstić information content (AvgIpc) is 3.14. The fourth-order valence-corrected chi connectivity index (χ4v) is 2.67. The molecule has 0 aliphatic heterocycles. The van der Waals surface area contributed by atoms with Crippen LogP contribution in [0.4, 0.5) is 15.8 Å². The van der Waals surface area contributed by atoms with E-state index in [0.717, 1.165) is 5.56 Å². The first-order chi connectivity index (χ1) is 13.8. The zero-order chi connectivity index (χ0) is 21.0. The molecule has 8 heteroatoms. The van der Waals surface area contributed by atoms with Crippen LogP contribution in [0.15, 0.2) is 40.9 Å². The van der Waals surface area contributed by atoms with E-state index in [1.807, 2.05) is 13.0 Å². The predicted molar refractivity (Wildman–Crippen MR) is 107 cm³/mol. The highest BCUT2D eigenvalue weighted by molar-refractivity contribution is 5.94. The summed E-state index contributed by atoms with van der Waals surface area (Å²) in [6.45, 7) is 4.96. The van der Waals surface area contributed by atoms with Crippen LogP contribution in [0.3, 0.4) is 0 Å². The lowest BCUT2D eigenvalue weighted by molar-refractivity contribution is -0.116. The second kappa shape index (κ2) is 8.64. The van der Waals surface area contributed by atoms with Gasteiger partial charge in [0.15, 0.2) is 0 Å². The molecule has 3 rings (SSSR count). The largest absolute Gasteiger partial charge is 0.339 e. The molecule has 1 aromatic heterocycles. The monoisotopic (exact) mass is 396 g/mol. The average molecular weight is 396 g/mol. The highest BCUT2D eigenvalue weighted by Gasteiger charge is 2.12. The summed E-state index contributed by atoms with van der Waals surface area (Å²) in [4.78, 5) is 27.7. The Hall–Kier alpha value is -3.55. The minimum atomic E-state index is -0.343. The second-order valence-corrected chi connectivity index (χ2v) is 6.73. The number of hydrogen-bond donors (Lipinski definition) is 2. The number of nitrogens with zero attached hydrogens (tertiary/aromatic N) is 2. The van der Waals surface area contributed by atoms with Crippen LogP contribution in [0.25, 0.3) is 11.4 Å². The van der Waals surface area contributed by atoms with Crippen molar-refractivity contribution in [3.05, 3.63) is 59.2 Å². The lowest BCUT2D eigenvalue weighted by atomic mass is 10.1. The Labute approximate surface area is 167 Å². The van der Waals surface area contributed by atoms with E-state index < -0.39 is 0 Å². The van der Waals surface area contributed by atoms with Gasteiger partial charge in [-0.05, 0) is 43.2 Å². The van der Waals surface area contributed by atoms with Crippen molar-refractivity contribution in [3.8, 4) is 11.4 Å². The van der Waals surface area contributed by atoms with E-state index in [1.165, 1.54) is 13.0 Å². The topological polar surface area (TPSA) is 97.1 Å². The van der Waals surface area contributed by atoms with Gasteiger partial charge in [-0.1, -0.05) is 23.4 Å². The van der Waals surface area contributed by atoms with Gasteiger partial charge >= 0.3 is 0 Å². The van der Waals surface area contributed by atoms with Gasteiger partial charge in [0, 0.05) is 36.7 Å². The Morgan fingerprint density at radius 1 is 1.07 bits per heavy atom. The fraction of sp³-hybridized carbons (Fsp3) is 0.238. The molecule has 0 unspecified atom stereocenters. The highest BCUT2D eigenvalue weighted by Crippen LogP contribution is 2.21. The van der Waals surface area contributed by atoms with Crippen LogP contribution in [-0.2, 0) is 16.0 Å². The summed E-state index contributed by atoms with van der Waals surface area (Å²) < 4.78 is 18.9. The van der Waals surface area contributed by atoms with Gasteiger partial charge in [0.25, 0.3) is 0 Å². The van der Waals surface area contributed by atoms with Gasteiger partial charge in [0.2, 0.25) is 23.5 Å². The molecule has 29 heavy (non-hydrogen) atoms. The highest BCUT2D eigenvalue weighted by atomic mass is 19.1. The van der Waals surface area contributed by atoms with E-state index in [0.29, 0.717) is 28.4 Å². The summed E-state index contributed by atoms with van der Waals surface area (Å²) in [6.07, 6.45) is 0.380. The quantitative estimate of drug-likeness (QED) is 0.656. The standard InChI is InChI=1S/C21H21FN4O3/c1-12-4-6-15(10-17(12)22)21-25-20(29-26-21)9-8-19(28)24-16-7-5-13(2)18(11-16)23-14(3)27/h4-7,10-11H,8-9H2,1-3H3,(H,23,27)(H,24,28). The third kappa shape index (κ3) is 5.25. The number of amides is 2. The fourth-order valence-electron chi connectivity index (χ4n) is 2.67. The maximum atomic E-state index is 13.7. The van der Waals surface area contributed by atoms with Crippen LogP contribution in [0, 0.1) is 19.7 Å². The maximum absolute atomic E-state index is 13.7. The summed E-state index contributed by atoms with van der Waals surface area (Å²) in [6, 6.07) is 9.97. The van der Waals surface area contributed by atoms with Crippen LogP contribution in [0.1, 0.15) is 30.4 Å². The SMILES string of the molecule is CC(=O)Nc1cc(NC(=O)CCc2nc(-c3ccc(C)c(F)c3)no2)ccc1C. The van der Waals surface area contributed by atoms with E-state index in [2.05, 4.69) is 20.8 Å². The van der Waals surface area contributed by atoms with Crippen molar-refractivity contribution in [1.82, 2.24) is 10.1 Å². The molecule has 0 fully saturated rings. The number of hydrogen-bond acceptors (Lipinski definition) is 5. The molecule has 0 bridgehead atoms. The first-order valence-electron chi connectivity index (χ1n) is 9.09. The van der Waals surface area contributed by atoms with Crippen LogP contribution >= 0.6 is 0 Å². The summed E-state index contributed by atoms with van der Waals surface area (Å²) >= 11 is 0. The molecule has 2 aromatic carbocycles. The number of benzene rings is 2. The van der Waals surface area contributed by atoms with Gasteiger partial charge in [0.1, 0.15) is 5.82 Å². The Morgan fingerprint density at radius 3 is 2.55 bits per heavy atom. The van der Waals surface area contributed by atoms with Gasteiger partial charge < -0.3 is 15.2 Å². The number of carbonyl (C=O) groups excluding carboxylic acids is 2. The molecule has 0 spiro atoms. The zero-order valence-electron chi connectivity index (χ0n) is 16.4. The van der Waals surface area contributed by atoms with Gasteiger partial charge in [-0.3, -0.25) is 9.59 Å². The Balaban J connectivity index is 1.59. The smallest absolute Gasteiger partial charge is 0.227 e. The lowest BCUT2D eigenvalue weighted by Crippen LogP contribution is -2.13. The lowest BCUT2D eigenvalue weighted by Gasteiger charge is -2.10. The summed E-state index contributed by atoms with van der Waals surface area (Å²) in [5.74, 6) is -0.192. The van der Waals surface area contributed by atoms with Crippen molar-refractivity contribution < 1.29 is 18.5 Å². The summed E-state index contributed by atoms with van der Waals surface area (Å²) in [7, 11) is 0. The maximum Gasteiger partial charge on any atom is 0.227 e. The number of anilines is 2. The van der Waals surface area contributed by atoms with Crippen LogP contribution < -0.4 is 10.6 Å². The van der Waals surface area contributed by atoms with Crippen LogP contribution in [0.5, 0.6) is 0 Å². The molecular weight excluding hydrogens is 375 g/mol. The molecule has 3 aromatic rings. The molecule has 150 valence electrons. The molecule has 0 aliphatic rings. The molecule has 0 radical (unpaired) electrons. The summed E-state index contributed by atoms with van der Waals surface area (Å²) in [5.41, 5.74) is 3.15. The number of aromatic nitrogens is 2. The molecule has 1 heterocycles. The Bertz CT molecular complexity index is 1060. The molecular formula is C21H21FN4O3. The third-order valence-corrected chi connectivity index (χ3v) is 4.30. The Morgan fingerprint density at radius 2 is 1.83 bits per heavy atom. The van der Waals surface area contributed by atoms with E-state index in [1.54, 1.807) is 31.2 Å². The minimum absolute atomic E-state index is 0.132. The molecule has 0 saturated carbocycles. The first kappa shape index (κ1) is 20.2. The zero-order valence-corrected chi connectivity index (χ0v) is 16.4. The van der Waals surface area contributed by atoms with Gasteiger partial charge in [0.05, 0.1) is 0 Å². The molecule has 0 atom stereocenters. The van der Waals surface area contributed by atoms with E-state index in [-0.39, 0.29) is 36.3 Å². The summed E-state index contributed by atoms with van der Waals surface area (Å²) in [5, 5.41) is 9.34. The van der Waals surface area contributed by atoms with Crippen molar-refractivity contribution in [2.45, 2.75) is 33.6 Å².